The number of halogens is 1. The average Bonchev–Trinajstić information content (AvgIpc) is 2.36. The highest BCUT2D eigenvalue weighted by atomic mass is 35.5. The van der Waals surface area contributed by atoms with Crippen molar-refractivity contribution in [3.8, 4) is 17.6 Å². The molecule has 1 aromatic carbocycles. The van der Waals surface area contributed by atoms with Crippen LogP contribution in [-0.2, 0) is 0 Å². The van der Waals surface area contributed by atoms with Crippen LogP contribution in [-0.4, -0.2) is 13.2 Å². The standard InChI is InChI=1S/C12H10ClNO2/c1-8(7-14)12(13)9-2-3-10-11(6-9)16-5-4-15-10/h2-3,6H,4-5H2,1H3. The molecule has 0 saturated carbocycles. The molecule has 0 bridgehead atoms. The molecule has 1 aliphatic rings. The zero-order chi connectivity index (χ0) is 11.5. The maximum absolute atomic E-state index is 8.76. The monoisotopic (exact) mass is 235 g/mol. The summed E-state index contributed by atoms with van der Waals surface area (Å²) in [5.41, 5.74) is 1.25. The number of allylic oxidation sites excluding steroid dienone is 1. The van der Waals surface area contributed by atoms with E-state index in [1.54, 1.807) is 19.1 Å². The molecule has 1 aromatic rings. The van der Waals surface area contributed by atoms with Gasteiger partial charge in [0.15, 0.2) is 11.5 Å². The van der Waals surface area contributed by atoms with Crippen LogP contribution in [0.1, 0.15) is 12.5 Å². The SMILES string of the molecule is CC(C#N)=C(Cl)c1ccc2c(c1)OCCO2. The Bertz CT molecular complexity index is 488. The molecule has 2 rings (SSSR count). The predicted octanol–water partition coefficient (Wildman–Crippen LogP) is 2.95. The molecular weight excluding hydrogens is 226 g/mol. The van der Waals surface area contributed by atoms with Crippen LogP contribution in [0.2, 0.25) is 0 Å². The second-order valence-electron chi connectivity index (χ2n) is 3.41. The summed E-state index contributed by atoms with van der Waals surface area (Å²) in [6.45, 7) is 2.78. The molecule has 0 aromatic heterocycles. The Hall–Kier alpha value is -1.66. The van der Waals surface area contributed by atoms with E-state index in [0.29, 0.717) is 35.3 Å². The number of hydrogen-bond acceptors (Lipinski definition) is 3. The minimum atomic E-state index is 0.444. The smallest absolute Gasteiger partial charge is 0.162 e. The molecule has 0 radical (unpaired) electrons. The van der Waals surface area contributed by atoms with Gasteiger partial charge in [0.2, 0.25) is 0 Å². The number of nitrogens with zero attached hydrogens (tertiary/aromatic N) is 1. The van der Waals surface area contributed by atoms with Gasteiger partial charge in [-0.15, -0.1) is 0 Å². The third-order valence-corrected chi connectivity index (χ3v) is 2.79. The summed E-state index contributed by atoms with van der Waals surface area (Å²) in [5, 5.41) is 9.20. The van der Waals surface area contributed by atoms with Crippen LogP contribution in [0.5, 0.6) is 11.5 Å². The van der Waals surface area contributed by atoms with E-state index in [0.717, 1.165) is 5.56 Å². The van der Waals surface area contributed by atoms with Gasteiger partial charge < -0.3 is 9.47 Å². The molecule has 82 valence electrons. The molecule has 1 heterocycles. The van der Waals surface area contributed by atoms with Crippen molar-refractivity contribution in [3.63, 3.8) is 0 Å². The topological polar surface area (TPSA) is 42.2 Å². The molecule has 4 heteroatoms. The second-order valence-corrected chi connectivity index (χ2v) is 3.79. The Kier molecular flexibility index (Phi) is 3.02. The van der Waals surface area contributed by atoms with Gasteiger partial charge in [-0.2, -0.15) is 5.26 Å². The molecule has 0 aliphatic carbocycles. The average molecular weight is 236 g/mol. The molecule has 1 aliphatic heterocycles. The summed E-state index contributed by atoms with van der Waals surface area (Å²) in [5.74, 6) is 1.39. The lowest BCUT2D eigenvalue weighted by Crippen LogP contribution is -2.15. The Morgan fingerprint density at radius 1 is 1.31 bits per heavy atom. The van der Waals surface area contributed by atoms with Crippen LogP contribution in [0.4, 0.5) is 0 Å². The largest absolute Gasteiger partial charge is 0.486 e. The fourth-order valence-corrected chi connectivity index (χ4v) is 1.61. The summed E-state index contributed by atoms with van der Waals surface area (Å²) in [6, 6.07) is 7.43. The fourth-order valence-electron chi connectivity index (χ4n) is 1.45. The van der Waals surface area contributed by atoms with E-state index in [-0.39, 0.29) is 0 Å². The van der Waals surface area contributed by atoms with E-state index in [4.69, 9.17) is 26.3 Å². The molecule has 0 saturated heterocycles. The molecular formula is C12H10ClNO2. The van der Waals surface area contributed by atoms with Crippen molar-refractivity contribution in [1.82, 2.24) is 0 Å². The Morgan fingerprint density at radius 2 is 2.00 bits per heavy atom. The summed E-state index contributed by atoms with van der Waals surface area (Å²) in [4.78, 5) is 0. The molecule has 0 fully saturated rings. The normalized spacial score (nSPS) is 15.1. The molecule has 0 unspecified atom stereocenters. The van der Waals surface area contributed by atoms with Crippen molar-refractivity contribution in [3.05, 3.63) is 29.3 Å². The van der Waals surface area contributed by atoms with Crippen LogP contribution in [0.3, 0.4) is 0 Å². The number of benzene rings is 1. The summed E-state index contributed by atoms with van der Waals surface area (Å²) in [7, 11) is 0. The minimum Gasteiger partial charge on any atom is -0.486 e. The van der Waals surface area contributed by atoms with E-state index in [9.17, 15) is 0 Å². The van der Waals surface area contributed by atoms with Crippen LogP contribution >= 0.6 is 11.6 Å². The number of ether oxygens (including phenoxy) is 2. The molecule has 0 atom stereocenters. The highest BCUT2D eigenvalue weighted by molar-refractivity contribution is 6.49. The van der Waals surface area contributed by atoms with Crippen molar-refractivity contribution in [2.75, 3.05) is 13.2 Å². The van der Waals surface area contributed by atoms with E-state index in [2.05, 4.69) is 0 Å². The molecule has 0 N–H and O–H groups in total. The van der Waals surface area contributed by atoms with Gasteiger partial charge in [0.1, 0.15) is 13.2 Å². The van der Waals surface area contributed by atoms with Crippen molar-refractivity contribution < 1.29 is 9.47 Å². The summed E-state index contributed by atoms with van der Waals surface area (Å²) >= 11 is 6.06. The van der Waals surface area contributed by atoms with Gasteiger partial charge in [-0.3, -0.25) is 0 Å². The van der Waals surface area contributed by atoms with Gasteiger partial charge in [0, 0.05) is 5.57 Å². The molecule has 16 heavy (non-hydrogen) atoms. The van der Waals surface area contributed by atoms with E-state index in [1.165, 1.54) is 0 Å². The van der Waals surface area contributed by atoms with Gasteiger partial charge >= 0.3 is 0 Å². The van der Waals surface area contributed by atoms with Gasteiger partial charge in [-0.25, -0.2) is 0 Å². The minimum absolute atomic E-state index is 0.444. The van der Waals surface area contributed by atoms with Crippen molar-refractivity contribution >= 4 is 16.6 Å². The first-order valence-electron chi connectivity index (χ1n) is 4.89. The third-order valence-electron chi connectivity index (χ3n) is 2.29. The Labute approximate surface area is 98.8 Å². The highest BCUT2D eigenvalue weighted by Crippen LogP contribution is 2.34. The van der Waals surface area contributed by atoms with Crippen LogP contribution in [0.15, 0.2) is 23.8 Å². The van der Waals surface area contributed by atoms with Crippen LogP contribution in [0, 0.1) is 11.3 Å². The molecule has 0 amide bonds. The number of nitriles is 1. The zero-order valence-electron chi connectivity index (χ0n) is 8.79. The zero-order valence-corrected chi connectivity index (χ0v) is 9.54. The Balaban J connectivity index is 2.42. The van der Waals surface area contributed by atoms with Crippen molar-refractivity contribution in [2.24, 2.45) is 0 Å². The van der Waals surface area contributed by atoms with Gasteiger partial charge in [0.25, 0.3) is 0 Å². The maximum Gasteiger partial charge on any atom is 0.162 e. The van der Waals surface area contributed by atoms with Crippen molar-refractivity contribution in [2.45, 2.75) is 6.92 Å². The lowest BCUT2D eigenvalue weighted by molar-refractivity contribution is 0.171. The van der Waals surface area contributed by atoms with Crippen LogP contribution < -0.4 is 9.47 Å². The number of rotatable bonds is 1. The van der Waals surface area contributed by atoms with Crippen LogP contribution in [0.25, 0.3) is 5.03 Å². The summed E-state index contributed by atoms with van der Waals surface area (Å²) < 4.78 is 10.8. The molecule has 0 spiro atoms. The van der Waals surface area contributed by atoms with Gasteiger partial charge in [-0.05, 0) is 30.7 Å². The van der Waals surface area contributed by atoms with Crippen molar-refractivity contribution in [1.29, 1.82) is 5.26 Å². The first kappa shape index (κ1) is 10.8. The van der Waals surface area contributed by atoms with Gasteiger partial charge in [-0.1, -0.05) is 11.6 Å². The Morgan fingerprint density at radius 3 is 2.69 bits per heavy atom. The van der Waals surface area contributed by atoms with E-state index >= 15 is 0 Å². The van der Waals surface area contributed by atoms with E-state index in [1.807, 2.05) is 12.1 Å². The highest BCUT2D eigenvalue weighted by Gasteiger charge is 2.13. The van der Waals surface area contributed by atoms with Gasteiger partial charge in [0.05, 0.1) is 11.1 Å². The second kappa shape index (κ2) is 4.46. The first-order valence-corrected chi connectivity index (χ1v) is 5.26. The first-order chi connectivity index (χ1) is 7.72. The number of hydrogen-bond donors (Lipinski definition) is 0. The lowest BCUT2D eigenvalue weighted by atomic mass is 10.1. The third kappa shape index (κ3) is 1.98. The number of fused-ring (bicyclic) bond motifs is 1. The van der Waals surface area contributed by atoms with E-state index < -0.39 is 0 Å². The predicted molar refractivity (Wildman–Crippen MR) is 61.5 cm³/mol. The maximum atomic E-state index is 8.76. The lowest BCUT2D eigenvalue weighted by Gasteiger charge is -2.18. The summed E-state index contributed by atoms with van der Waals surface area (Å²) in [6.07, 6.45) is 0. The quantitative estimate of drug-likeness (QED) is 0.703. The fraction of sp³-hybridized carbons (Fsp3) is 0.250. The molecule has 3 nitrogen and oxygen atoms in total.